The molecule has 1 heterocycles. The molecule has 0 unspecified atom stereocenters. The Morgan fingerprint density at radius 3 is 2.75 bits per heavy atom. The first-order chi connectivity index (χ1) is 9.65. The molecule has 0 saturated carbocycles. The highest BCUT2D eigenvalue weighted by Crippen LogP contribution is 2.35. The second-order valence-electron chi connectivity index (χ2n) is 5.22. The number of benzene rings is 1. The summed E-state index contributed by atoms with van der Waals surface area (Å²) in [5.74, 6) is -1.58. The number of rotatable bonds is 1. The number of pyridine rings is 1. The van der Waals surface area contributed by atoms with Crippen molar-refractivity contribution >= 4 is 0 Å². The highest BCUT2D eigenvalue weighted by Gasteiger charge is 2.24. The van der Waals surface area contributed by atoms with Gasteiger partial charge in [0.25, 0.3) is 0 Å². The molecule has 0 aliphatic heterocycles. The van der Waals surface area contributed by atoms with Crippen molar-refractivity contribution in [3.8, 4) is 0 Å². The third-order valence-corrected chi connectivity index (χ3v) is 3.91. The Kier molecular flexibility index (Phi) is 3.49. The smallest absolute Gasteiger partial charge is 0.159 e. The number of fused-ring (bicyclic) bond motifs is 1. The fraction of sp³-hybridized carbons (Fsp3) is 0.312. The lowest BCUT2D eigenvalue weighted by Crippen LogP contribution is -2.03. The first-order valence-electron chi connectivity index (χ1n) is 6.72. The van der Waals surface area contributed by atoms with Gasteiger partial charge in [0.2, 0.25) is 0 Å². The van der Waals surface area contributed by atoms with Crippen molar-refractivity contribution in [2.24, 2.45) is 0 Å². The summed E-state index contributed by atoms with van der Waals surface area (Å²) in [6, 6.07) is 7.81. The van der Waals surface area contributed by atoms with Gasteiger partial charge in [-0.05, 0) is 54.5 Å². The Hall–Kier alpha value is -1.81. The van der Waals surface area contributed by atoms with Crippen LogP contribution >= 0.6 is 0 Å². The predicted octanol–water partition coefficient (Wildman–Crippen LogP) is 3.51. The van der Waals surface area contributed by atoms with Crippen LogP contribution in [0.1, 0.15) is 41.7 Å². The Labute approximate surface area is 116 Å². The lowest BCUT2D eigenvalue weighted by atomic mass is 9.90. The van der Waals surface area contributed by atoms with Crippen LogP contribution in [0.2, 0.25) is 0 Å². The SMILES string of the molecule is O[C@@H]1CC[C@@H](c2ccc(F)c(F)c2)Cc2cccnc21. The van der Waals surface area contributed by atoms with Crippen LogP contribution in [0.15, 0.2) is 36.5 Å². The summed E-state index contributed by atoms with van der Waals surface area (Å²) in [4.78, 5) is 4.24. The average molecular weight is 275 g/mol. The third-order valence-electron chi connectivity index (χ3n) is 3.91. The third kappa shape index (κ3) is 2.43. The minimum absolute atomic E-state index is 0.0743. The quantitative estimate of drug-likeness (QED) is 0.808. The Bertz CT molecular complexity index is 630. The Morgan fingerprint density at radius 1 is 1.10 bits per heavy atom. The van der Waals surface area contributed by atoms with E-state index in [-0.39, 0.29) is 5.92 Å². The summed E-state index contributed by atoms with van der Waals surface area (Å²) < 4.78 is 26.4. The Balaban J connectivity index is 1.94. The van der Waals surface area contributed by atoms with E-state index in [0.29, 0.717) is 18.5 Å². The maximum Gasteiger partial charge on any atom is 0.159 e. The van der Waals surface area contributed by atoms with E-state index in [0.717, 1.165) is 23.6 Å². The van der Waals surface area contributed by atoms with Crippen molar-refractivity contribution in [2.75, 3.05) is 0 Å². The van der Waals surface area contributed by atoms with Gasteiger partial charge in [0.05, 0.1) is 11.8 Å². The minimum atomic E-state index is -0.829. The molecule has 1 aromatic carbocycles. The van der Waals surface area contributed by atoms with Crippen molar-refractivity contribution < 1.29 is 13.9 Å². The number of aliphatic hydroxyl groups excluding tert-OH is 1. The lowest BCUT2D eigenvalue weighted by Gasteiger charge is -2.15. The molecule has 2 atom stereocenters. The first kappa shape index (κ1) is 13.2. The van der Waals surface area contributed by atoms with Gasteiger partial charge in [-0.1, -0.05) is 12.1 Å². The van der Waals surface area contributed by atoms with E-state index in [1.165, 1.54) is 6.07 Å². The molecule has 20 heavy (non-hydrogen) atoms. The maximum atomic E-state index is 13.4. The fourth-order valence-electron chi connectivity index (χ4n) is 2.84. The summed E-state index contributed by atoms with van der Waals surface area (Å²) in [5.41, 5.74) is 2.46. The van der Waals surface area contributed by atoms with Gasteiger partial charge >= 0.3 is 0 Å². The summed E-state index contributed by atoms with van der Waals surface area (Å²) in [6.45, 7) is 0. The first-order valence-corrected chi connectivity index (χ1v) is 6.72. The predicted molar refractivity (Wildman–Crippen MR) is 71.2 cm³/mol. The topological polar surface area (TPSA) is 33.1 Å². The molecule has 0 amide bonds. The van der Waals surface area contributed by atoms with Crippen LogP contribution in [0.25, 0.3) is 0 Å². The van der Waals surface area contributed by atoms with Gasteiger partial charge in [-0.15, -0.1) is 0 Å². The van der Waals surface area contributed by atoms with Gasteiger partial charge in [0, 0.05) is 6.20 Å². The van der Waals surface area contributed by atoms with Crippen LogP contribution in [-0.4, -0.2) is 10.1 Å². The number of hydrogen-bond acceptors (Lipinski definition) is 2. The second-order valence-corrected chi connectivity index (χ2v) is 5.22. The number of aliphatic hydroxyl groups is 1. The number of nitrogens with zero attached hydrogens (tertiary/aromatic N) is 1. The Morgan fingerprint density at radius 2 is 1.95 bits per heavy atom. The molecule has 1 aliphatic carbocycles. The fourth-order valence-corrected chi connectivity index (χ4v) is 2.84. The molecule has 104 valence electrons. The van der Waals surface area contributed by atoms with Crippen molar-refractivity contribution in [1.82, 2.24) is 4.98 Å². The zero-order valence-electron chi connectivity index (χ0n) is 10.9. The zero-order chi connectivity index (χ0) is 14.1. The lowest BCUT2D eigenvalue weighted by molar-refractivity contribution is 0.160. The highest BCUT2D eigenvalue weighted by molar-refractivity contribution is 5.29. The van der Waals surface area contributed by atoms with Gasteiger partial charge < -0.3 is 5.11 Å². The molecule has 0 fully saturated rings. The summed E-state index contributed by atoms with van der Waals surface area (Å²) >= 11 is 0. The van der Waals surface area contributed by atoms with E-state index in [1.54, 1.807) is 12.3 Å². The van der Waals surface area contributed by atoms with E-state index in [9.17, 15) is 13.9 Å². The van der Waals surface area contributed by atoms with E-state index in [2.05, 4.69) is 4.98 Å². The standard InChI is InChI=1S/C16H15F2NO/c17-13-5-3-11(9-14(13)18)10-4-6-15(20)16-12(8-10)2-1-7-19-16/h1-3,5,7,9-10,15,20H,4,6,8H2/t10-,15-/m1/s1. The van der Waals surface area contributed by atoms with Crippen LogP contribution in [0.5, 0.6) is 0 Å². The molecule has 0 spiro atoms. The monoisotopic (exact) mass is 275 g/mol. The molecule has 1 aromatic heterocycles. The van der Waals surface area contributed by atoms with Crippen LogP contribution < -0.4 is 0 Å². The molecule has 0 radical (unpaired) electrons. The van der Waals surface area contributed by atoms with Crippen LogP contribution in [0.4, 0.5) is 8.78 Å². The van der Waals surface area contributed by atoms with Gasteiger partial charge in [0.15, 0.2) is 11.6 Å². The number of hydrogen-bond donors (Lipinski definition) is 1. The molecule has 2 nitrogen and oxygen atoms in total. The second kappa shape index (κ2) is 5.29. The molecule has 1 N–H and O–H groups in total. The zero-order valence-corrected chi connectivity index (χ0v) is 10.9. The molecule has 4 heteroatoms. The van der Waals surface area contributed by atoms with Gasteiger partial charge in [-0.2, -0.15) is 0 Å². The van der Waals surface area contributed by atoms with Gasteiger partial charge in [-0.25, -0.2) is 8.78 Å². The molecule has 1 aliphatic rings. The molecular formula is C16H15F2NO. The van der Waals surface area contributed by atoms with Crippen molar-refractivity contribution in [3.63, 3.8) is 0 Å². The van der Waals surface area contributed by atoms with Gasteiger partial charge in [0.1, 0.15) is 0 Å². The summed E-state index contributed by atoms with van der Waals surface area (Å²) in [5, 5.41) is 10.1. The van der Waals surface area contributed by atoms with E-state index < -0.39 is 17.7 Å². The summed E-state index contributed by atoms with van der Waals surface area (Å²) in [7, 11) is 0. The number of aromatic nitrogens is 1. The average Bonchev–Trinajstić information content (AvgIpc) is 2.62. The molecular weight excluding hydrogens is 260 g/mol. The maximum absolute atomic E-state index is 13.4. The van der Waals surface area contributed by atoms with Crippen molar-refractivity contribution in [1.29, 1.82) is 0 Å². The molecule has 3 rings (SSSR count). The number of halogens is 2. The normalized spacial score (nSPS) is 22.1. The van der Waals surface area contributed by atoms with Crippen LogP contribution in [0.3, 0.4) is 0 Å². The molecule has 2 aromatic rings. The van der Waals surface area contributed by atoms with Crippen molar-refractivity contribution in [2.45, 2.75) is 31.3 Å². The van der Waals surface area contributed by atoms with E-state index >= 15 is 0 Å². The van der Waals surface area contributed by atoms with Gasteiger partial charge in [-0.3, -0.25) is 4.98 Å². The molecule has 0 saturated heterocycles. The van der Waals surface area contributed by atoms with Crippen LogP contribution in [0, 0.1) is 11.6 Å². The molecule has 0 bridgehead atoms. The summed E-state index contributed by atoms with van der Waals surface area (Å²) in [6.07, 6.45) is 3.07. The largest absolute Gasteiger partial charge is 0.387 e. The van der Waals surface area contributed by atoms with E-state index in [4.69, 9.17) is 0 Å². The van der Waals surface area contributed by atoms with E-state index in [1.807, 2.05) is 12.1 Å². The highest BCUT2D eigenvalue weighted by atomic mass is 19.2. The minimum Gasteiger partial charge on any atom is -0.387 e. The van der Waals surface area contributed by atoms with Crippen LogP contribution in [-0.2, 0) is 6.42 Å². The van der Waals surface area contributed by atoms with Crippen molar-refractivity contribution in [3.05, 3.63) is 65.0 Å².